The van der Waals surface area contributed by atoms with Gasteiger partial charge < -0.3 is 4.42 Å². The molecule has 2 aromatic heterocycles. The van der Waals surface area contributed by atoms with Crippen molar-refractivity contribution in [1.82, 2.24) is 10.2 Å². The van der Waals surface area contributed by atoms with E-state index in [0.717, 1.165) is 24.4 Å². The predicted octanol–water partition coefficient (Wildman–Crippen LogP) is -1.16. The molecule has 164 valence electrons. The summed E-state index contributed by atoms with van der Waals surface area (Å²) < 4.78 is 54.2. The Bertz CT molecular complexity index is 1030. The molecule has 0 spiro atoms. The zero-order valence-electron chi connectivity index (χ0n) is 16.5. The van der Waals surface area contributed by atoms with Gasteiger partial charge in [0.25, 0.3) is 0 Å². The number of nitrogens with zero attached hydrogens (tertiary/aromatic N) is 3. The minimum absolute atomic E-state index is 0.174. The Kier molecular flexibility index (Phi) is 7.08. The lowest BCUT2D eigenvalue weighted by atomic mass is 10.2. The molecule has 0 amide bonds. The largest absolute Gasteiger partial charge is 0.420 e. The maximum absolute atomic E-state index is 12.4. The monoisotopic (exact) mass is 451 g/mol. The molecule has 2 aromatic rings. The van der Waals surface area contributed by atoms with Crippen LogP contribution in [-0.4, -0.2) is 16.0 Å². The van der Waals surface area contributed by atoms with Crippen LogP contribution >= 0.6 is 0 Å². The van der Waals surface area contributed by atoms with Crippen LogP contribution in [0.1, 0.15) is 38.0 Å². The number of carbonyl (C=O) groups excluding carboxylic acids is 1. The third-order valence-electron chi connectivity index (χ3n) is 4.46. The fourth-order valence-corrected chi connectivity index (χ4v) is 2.85. The Morgan fingerprint density at radius 3 is 2.23 bits per heavy atom. The highest BCUT2D eigenvalue weighted by Gasteiger charge is 2.29. The second-order valence-electron chi connectivity index (χ2n) is 6.95. The zero-order valence-corrected chi connectivity index (χ0v) is 17.3. The Labute approximate surface area is 179 Å². The number of aryl methyl sites for hydroxylation is 1. The van der Waals surface area contributed by atoms with Gasteiger partial charge >= 0.3 is 0 Å². The number of rotatable bonds is 4. The first-order valence-electron chi connectivity index (χ1n) is 9.44. The summed E-state index contributed by atoms with van der Waals surface area (Å²) in [7, 11) is -4.94. The average molecular weight is 452 g/mol. The Hall–Kier alpha value is -2.76. The van der Waals surface area contributed by atoms with Gasteiger partial charge in [0, 0.05) is 30.0 Å². The molecule has 11 heteroatoms. The van der Waals surface area contributed by atoms with Crippen molar-refractivity contribution < 1.29 is 47.0 Å². The third kappa shape index (κ3) is 6.61. The van der Waals surface area contributed by atoms with Crippen molar-refractivity contribution >= 4 is 5.78 Å². The lowest BCUT2D eigenvalue weighted by Gasteiger charge is -2.17. The quantitative estimate of drug-likeness (QED) is 0.528. The number of allylic oxidation sites excluding steroid dienone is 6. The lowest BCUT2D eigenvalue weighted by Crippen LogP contribution is -2.68. The summed E-state index contributed by atoms with van der Waals surface area (Å²) in [6.45, 7) is 3.21. The van der Waals surface area contributed by atoms with Crippen LogP contribution in [0.25, 0.3) is 11.5 Å². The van der Waals surface area contributed by atoms with Crippen LogP contribution in [0.4, 0.5) is 4.39 Å². The summed E-state index contributed by atoms with van der Waals surface area (Å²) in [6, 6.07) is 4.06. The SMILES string of the molecule is CCC[n+]1ccc(-c2nnc(C3CC3)o2)cc1.O=C1C2=CC(F)=C1C=C2.[O-][Cl+3]([O-])([O-])[O-]. The molecule has 1 saturated carbocycles. The summed E-state index contributed by atoms with van der Waals surface area (Å²) in [5.74, 6) is 1.39. The van der Waals surface area contributed by atoms with Gasteiger partial charge in [0.05, 0.1) is 11.1 Å². The van der Waals surface area contributed by atoms with Crippen LogP contribution in [0.2, 0.25) is 0 Å². The molecular formula is C20H19ClFN3O6. The summed E-state index contributed by atoms with van der Waals surface area (Å²) in [5.41, 5.74) is 1.68. The van der Waals surface area contributed by atoms with Crippen LogP contribution in [0.15, 0.2) is 64.1 Å². The maximum atomic E-state index is 12.4. The number of pyridine rings is 1. The van der Waals surface area contributed by atoms with Gasteiger partial charge in [-0.2, -0.15) is 0 Å². The fourth-order valence-electron chi connectivity index (χ4n) is 2.85. The van der Waals surface area contributed by atoms with E-state index in [9.17, 15) is 9.18 Å². The van der Waals surface area contributed by atoms with Crippen molar-refractivity contribution in [1.29, 1.82) is 0 Å². The van der Waals surface area contributed by atoms with E-state index in [1.54, 1.807) is 6.08 Å². The number of aromatic nitrogens is 3. The summed E-state index contributed by atoms with van der Waals surface area (Å²) >= 11 is 0. The van der Waals surface area contributed by atoms with E-state index in [1.165, 1.54) is 25.0 Å². The van der Waals surface area contributed by atoms with Gasteiger partial charge in [-0.1, -0.05) is 13.0 Å². The standard InChI is InChI=1S/C13H16N3O.C7H3FO.ClHO4/c1-2-7-16-8-5-11(6-9-16)13-15-14-12(17-13)10-3-4-10;8-6-3-4-1-2-5(6)7(4)9;2-1(3,4)5/h5-6,8-10H,2-4,7H2,1H3;1-3H;(H,2,3,4,5)/q+1;;/p-1. The minimum atomic E-state index is -4.94. The molecule has 0 saturated heterocycles. The second-order valence-corrected chi connectivity index (χ2v) is 7.70. The first-order chi connectivity index (χ1) is 14.7. The van der Waals surface area contributed by atoms with E-state index >= 15 is 0 Å². The molecule has 9 nitrogen and oxygen atoms in total. The molecule has 0 N–H and O–H groups in total. The van der Waals surface area contributed by atoms with E-state index in [-0.39, 0.29) is 11.4 Å². The van der Waals surface area contributed by atoms with E-state index < -0.39 is 16.1 Å². The molecule has 0 unspecified atom stereocenters. The Morgan fingerprint density at radius 2 is 1.81 bits per heavy atom. The third-order valence-corrected chi connectivity index (χ3v) is 4.46. The number of halogens is 2. The molecule has 0 aliphatic heterocycles. The topological polar surface area (TPSA) is 152 Å². The summed E-state index contributed by atoms with van der Waals surface area (Å²) in [5, 5.41) is 8.19. The minimum Gasteiger partial charge on any atom is -0.420 e. The number of hydrogen-bond donors (Lipinski definition) is 0. The van der Waals surface area contributed by atoms with Crippen molar-refractivity contribution in [3.63, 3.8) is 0 Å². The molecule has 0 atom stereocenters. The van der Waals surface area contributed by atoms with Crippen molar-refractivity contribution in [2.45, 2.75) is 38.6 Å². The average Bonchev–Trinajstić information content (AvgIpc) is 3.24. The highest BCUT2D eigenvalue weighted by atomic mass is 35.7. The van der Waals surface area contributed by atoms with Crippen LogP contribution in [-0.2, 0) is 11.3 Å². The Morgan fingerprint density at radius 1 is 1.16 bits per heavy atom. The molecule has 31 heavy (non-hydrogen) atoms. The normalized spacial score (nSPS) is 16.6. The number of ketones is 1. The highest BCUT2D eigenvalue weighted by Crippen LogP contribution is 2.39. The van der Waals surface area contributed by atoms with Crippen molar-refractivity contribution in [3.8, 4) is 11.5 Å². The van der Waals surface area contributed by atoms with E-state index in [0.29, 0.717) is 17.4 Å². The maximum Gasteiger partial charge on any atom is 0.248 e. The van der Waals surface area contributed by atoms with Gasteiger partial charge in [-0.25, -0.2) is 27.6 Å². The van der Waals surface area contributed by atoms with Crippen molar-refractivity contribution in [2.24, 2.45) is 0 Å². The van der Waals surface area contributed by atoms with Gasteiger partial charge in [-0.3, -0.25) is 4.79 Å². The second kappa shape index (κ2) is 9.58. The van der Waals surface area contributed by atoms with Gasteiger partial charge in [-0.05, 0) is 25.0 Å². The molecule has 3 aliphatic rings. The molecule has 3 aliphatic carbocycles. The van der Waals surface area contributed by atoms with Crippen LogP contribution < -0.4 is 23.2 Å². The number of hydrogen-bond acceptors (Lipinski definition) is 8. The van der Waals surface area contributed by atoms with Gasteiger partial charge in [0.15, 0.2) is 18.2 Å². The zero-order chi connectivity index (χ0) is 22.6. The molecule has 0 radical (unpaired) electrons. The van der Waals surface area contributed by atoms with Gasteiger partial charge in [0.1, 0.15) is 12.4 Å². The molecule has 2 bridgehead atoms. The molecule has 1 fully saturated rings. The lowest BCUT2D eigenvalue weighted by molar-refractivity contribution is -2.00. The highest BCUT2D eigenvalue weighted by molar-refractivity contribution is 6.18. The van der Waals surface area contributed by atoms with Crippen LogP contribution in [0.5, 0.6) is 0 Å². The molecule has 5 rings (SSSR count). The predicted molar refractivity (Wildman–Crippen MR) is 92.6 cm³/mol. The first-order valence-corrected chi connectivity index (χ1v) is 10.7. The van der Waals surface area contributed by atoms with Crippen molar-refractivity contribution in [3.05, 3.63) is 65.6 Å². The smallest absolute Gasteiger partial charge is 0.248 e. The molecule has 2 heterocycles. The van der Waals surface area contributed by atoms with Gasteiger partial charge in [-0.15, -0.1) is 20.4 Å². The van der Waals surface area contributed by atoms with E-state index in [4.69, 9.17) is 23.1 Å². The summed E-state index contributed by atoms with van der Waals surface area (Å²) in [6.07, 6.45) is 12.0. The van der Waals surface area contributed by atoms with Gasteiger partial charge in [0.2, 0.25) is 11.8 Å². The van der Waals surface area contributed by atoms with E-state index in [1.807, 2.05) is 12.1 Å². The fraction of sp³-hybridized carbons (Fsp3) is 0.300. The number of carbonyl (C=O) groups is 1. The van der Waals surface area contributed by atoms with Crippen LogP contribution in [0.3, 0.4) is 0 Å². The van der Waals surface area contributed by atoms with E-state index in [2.05, 4.69) is 34.1 Å². The van der Waals surface area contributed by atoms with Crippen molar-refractivity contribution in [2.75, 3.05) is 0 Å². The number of fused-ring (bicyclic) bond motifs is 2. The molecular weight excluding hydrogens is 433 g/mol. The Balaban J connectivity index is 0.000000162. The van der Waals surface area contributed by atoms with Crippen LogP contribution in [0, 0.1) is 10.2 Å². The number of Topliss-reactive ketones (excluding diaryl/α,β-unsaturated/α-hetero) is 1. The summed E-state index contributed by atoms with van der Waals surface area (Å²) in [4.78, 5) is 10.7. The molecule has 0 aromatic carbocycles. The first kappa shape index (κ1) is 22.9.